The van der Waals surface area contributed by atoms with Gasteiger partial charge in [0.2, 0.25) is 0 Å². The maximum Gasteiger partial charge on any atom is 0.305 e. The molecule has 2 aliphatic rings. The number of guanidine groups is 1. The summed E-state index contributed by atoms with van der Waals surface area (Å²) in [6, 6.07) is 0.618. The number of aliphatic imine (C=N–C) groups is 1. The van der Waals surface area contributed by atoms with E-state index in [9.17, 15) is 4.79 Å². The third-order valence-electron chi connectivity index (χ3n) is 4.81. The normalized spacial score (nSPS) is 22.7. The molecule has 1 unspecified atom stereocenters. The molecule has 2 heterocycles. The molecule has 2 aliphatic heterocycles. The Balaban J connectivity index is 1.62. The third-order valence-corrected chi connectivity index (χ3v) is 4.81. The molecule has 7 heteroatoms. The highest BCUT2D eigenvalue weighted by Crippen LogP contribution is 2.17. The number of hydrogen-bond acceptors (Lipinski definition) is 5. The van der Waals surface area contributed by atoms with Gasteiger partial charge in [0.15, 0.2) is 5.96 Å². The molecule has 0 bridgehead atoms. The molecule has 24 heavy (non-hydrogen) atoms. The summed E-state index contributed by atoms with van der Waals surface area (Å²) in [5.74, 6) is 0.878. The fraction of sp³-hybridized carbons (Fsp3) is 0.882. The lowest BCUT2D eigenvalue weighted by Gasteiger charge is -2.32. The minimum Gasteiger partial charge on any atom is -0.469 e. The molecule has 2 rings (SSSR count). The van der Waals surface area contributed by atoms with E-state index in [1.165, 1.54) is 13.5 Å². The van der Waals surface area contributed by atoms with Gasteiger partial charge in [-0.1, -0.05) is 6.42 Å². The summed E-state index contributed by atoms with van der Waals surface area (Å²) in [4.78, 5) is 20.4. The van der Waals surface area contributed by atoms with Crippen LogP contribution in [0.5, 0.6) is 0 Å². The Hall–Kier alpha value is -1.34. The number of carbonyl (C=O) groups is 1. The van der Waals surface area contributed by atoms with Gasteiger partial charge in [0, 0.05) is 52.2 Å². The number of carbonyl (C=O) groups excluding carboxylic acids is 1. The Labute approximate surface area is 145 Å². The van der Waals surface area contributed by atoms with Crippen LogP contribution in [0.15, 0.2) is 4.99 Å². The lowest BCUT2D eigenvalue weighted by molar-refractivity contribution is -0.140. The summed E-state index contributed by atoms with van der Waals surface area (Å²) >= 11 is 0. The molecule has 7 nitrogen and oxygen atoms in total. The second-order valence-electron chi connectivity index (χ2n) is 6.40. The van der Waals surface area contributed by atoms with Crippen LogP contribution in [-0.2, 0) is 14.3 Å². The fourth-order valence-electron chi connectivity index (χ4n) is 3.38. The molecule has 0 aromatic heterocycles. The molecule has 1 N–H and O–H groups in total. The Kier molecular flexibility index (Phi) is 8.32. The number of nitrogens with one attached hydrogen (secondary N) is 1. The van der Waals surface area contributed by atoms with Gasteiger partial charge in [0.05, 0.1) is 20.3 Å². The van der Waals surface area contributed by atoms with Gasteiger partial charge in [-0.2, -0.15) is 0 Å². The first-order valence-electron chi connectivity index (χ1n) is 9.08. The van der Waals surface area contributed by atoms with Crippen LogP contribution < -0.4 is 5.32 Å². The fourth-order valence-corrected chi connectivity index (χ4v) is 3.38. The molecule has 0 spiro atoms. The largest absolute Gasteiger partial charge is 0.469 e. The molecule has 0 saturated carbocycles. The standard InChI is InChI=1S/C17H32N4O3/c1-18-17(19-8-5-3-4-6-16(22)23-2)21-9-7-15(14-21)20-10-12-24-13-11-20/h15H,3-14H2,1-2H3,(H,18,19). The van der Waals surface area contributed by atoms with E-state index in [2.05, 4.69) is 24.8 Å². The van der Waals surface area contributed by atoms with Crippen LogP contribution >= 0.6 is 0 Å². The molecule has 0 aromatic carbocycles. The minimum absolute atomic E-state index is 0.120. The van der Waals surface area contributed by atoms with E-state index in [1.807, 2.05) is 7.05 Å². The summed E-state index contributed by atoms with van der Waals surface area (Å²) in [6.07, 6.45) is 4.65. The first-order valence-corrected chi connectivity index (χ1v) is 9.08. The molecule has 0 radical (unpaired) electrons. The molecule has 0 aliphatic carbocycles. The summed E-state index contributed by atoms with van der Waals surface area (Å²) in [5, 5.41) is 3.45. The molecule has 2 saturated heterocycles. The molecule has 2 fully saturated rings. The van der Waals surface area contributed by atoms with E-state index in [4.69, 9.17) is 4.74 Å². The van der Waals surface area contributed by atoms with Gasteiger partial charge >= 0.3 is 5.97 Å². The van der Waals surface area contributed by atoms with Gasteiger partial charge in [0.1, 0.15) is 0 Å². The van der Waals surface area contributed by atoms with Crippen molar-refractivity contribution in [2.75, 3.05) is 60.1 Å². The number of unbranched alkanes of at least 4 members (excludes halogenated alkanes) is 2. The van der Waals surface area contributed by atoms with Gasteiger partial charge in [-0.3, -0.25) is 14.7 Å². The molecule has 0 aromatic rings. The maximum atomic E-state index is 11.1. The topological polar surface area (TPSA) is 66.4 Å². The van der Waals surface area contributed by atoms with Crippen LogP contribution in [0, 0.1) is 0 Å². The summed E-state index contributed by atoms with van der Waals surface area (Å²) < 4.78 is 10.1. The molecule has 1 atom stereocenters. The van der Waals surface area contributed by atoms with Crippen LogP contribution in [0.1, 0.15) is 32.1 Å². The zero-order chi connectivity index (χ0) is 17.2. The lowest BCUT2D eigenvalue weighted by Crippen LogP contribution is -2.46. The molecule has 138 valence electrons. The van der Waals surface area contributed by atoms with E-state index < -0.39 is 0 Å². The zero-order valence-electron chi connectivity index (χ0n) is 15.1. The highest BCUT2D eigenvalue weighted by atomic mass is 16.5. The molecular weight excluding hydrogens is 308 g/mol. The smallest absolute Gasteiger partial charge is 0.305 e. The number of ether oxygens (including phenoxy) is 2. The second kappa shape index (κ2) is 10.5. The highest BCUT2D eigenvalue weighted by Gasteiger charge is 2.30. The van der Waals surface area contributed by atoms with Crippen molar-refractivity contribution in [3.8, 4) is 0 Å². The molecular formula is C17H32N4O3. The van der Waals surface area contributed by atoms with Crippen LogP contribution in [0.3, 0.4) is 0 Å². The number of likely N-dealkylation sites (tertiary alicyclic amines) is 1. The van der Waals surface area contributed by atoms with Crippen LogP contribution in [0.2, 0.25) is 0 Å². The van der Waals surface area contributed by atoms with Crippen molar-refractivity contribution >= 4 is 11.9 Å². The highest BCUT2D eigenvalue weighted by molar-refractivity contribution is 5.80. The number of rotatable bonds is 7. The van der Waals surface area contributed by atoms with Gasteiger partial charge in [-0.25, -0.2) is 0 Å². The number of hydrogen-bond donors (Lipinski definition) is 1. The summed E-state index contributed by atoms with van der Waals surface area (Å²) in [7, 11) is 3.29. The Morgan fingerprint density at radius 1 is 1.25 bits per heavy atom. The average molecular weight is 340 g/mol. The minimum atomic E-state index is -0.120. The predicted octanol–water partition coefficient (Wildman–Crippen LogP) is 0.702. The van der Waals surface area contributed by atoms with E-state index >= 15 is 0 Å². The lowest BCUT2D eigenvalue weighted by atomic mass is 10.2. The van der Waals surface area contributed by atoms with Gasteiger partial charge in [0.25, 0.3) is 0 Å². The summed E-state index contributed by atoms with van der Waals surface area (Å²) in [6.45, 7) is 6.80. The van der Waals surface area contributed by atoms with Gasteiger partial charge < -0.3 is 19.7 Å². The van der Waals surface area contributed by atoms with Crippen molar-refractivity contribution in [3.05, 3.63) is 0 Å². The zero-order valence-corrected chi connectivity index (χ0v) is 15.1. The van der Waals surface area contributed by atoms with Crippen molar-refractivity contribution in [1.29, 1.82) is 0 Å². The number of nitrogens with zero attached hydrogens (tertiary/aromatic N) is 3. The van der Waals surface area contributed by atoms with Crippen molar-refractivity contribution < 1.29 is 14.3 Å². The maximum absolute atomic E-state index is 11.1. The number of esters is 1. The third kappa shape index (κ3) is 5.94. The number of methoxy groups -OCH3 is 1. The first kappa shape index (κ1) is 19.0. The molecule has 0 amide bonds. The quantitative estimate of drug-likeness (QED) is 0.319. The van der Waals surface area contributed by atoms with E-state index in [0.717, 1.165) is 71.2 Å². The predicted molar refractivity (Wildman–Crippen MR) is 94.2 cm³/mol. The van der Waals surface area contributed by atoms with Gasteiger partial charge in [-0.05, 0) is 19.3 Å². The van der Waals surface area contributed by atoms with Gasteiger partial charge in [-0.15, -0.1) is 0 Å². The van der Waals surface area contributed by atoms with Crippen molar-refractivity contribution in [1.82, 2.24) is 15.1 Å². The SMILES string of the molecule is CN=C(NCCCCCC(=O)OC)N1CCC(N2CCOCC2)C1. The number of morpholine rings is 1. The van der Waals surface area contributed by atoms with Crippen LogP contribution in [0.4, 0.5) is 0 Å². The van der Waals surface area contributed by atoms with E-state index in [1.54, 1.807) is 0 Å². The van der Waals surface area contributed by atoms with Crippen LogP contribution in [0.25, 0.3) is 0 Å². The average Bonchev–Trinajstić information content (AvgIpc) is 3.11. The second-order valence-corrected chi connectivity index (χ2v) is 6.40. The van der Waals surface area contributed by atoms with Crippen molar-refractivity contribution in [3.63, 3.8) is 0 Å². The van der Waals surface area contributed by atoms with E-state index in [0.29, 0.717) is 12.5 Å². The Bertz CT molecular complexity index is 411. The Morgan fingerprint density at radius 3 is 2.75 bits per heavy atom. The van der Waals surface area contributed by atoms with Crippen LogP contribution in [-0.4, -0.2) is 87.9 Å². The first-order chi connectivity index (χ1) is 11.7. The Morgan fingerprint density at radius 2 is 2.04 bits per heavy atom. The van der Waals surface area contributed by atoms with E-state index in [-0.39, 0.29) is 5.97 Å². The van der Waals surface area contributed by atoms with Crippen molar-refractivity contribution in [2.24, 2.45) is 4.99 Å². The van der Waals surface area contributed by atoms with Crippen molar-refractivity contribution in [2.45, 2.75) is 38.1 Å². The summed E-state index contributed by atoms with van der Waals surface area (Å²) in [5.41, 5.74) is 0. The monoisotopic (exact) mass is 340 g/mol.